The Morgan fingerprint density at radius 1 is 1.13 bits per heavy atom. The maximum Gasteiger partial charge on any atom is 0.255 e. The number of methoxy groups -OCH3 is 1. The minimum absolute atomic E-state index is 0.0325. The molecule has 1 saturated heterocycles. The molecular formula is C17H18BrN3O2. The van der Waals surface area contributed by atoms with Crippen molar-refractivity contribution in [2.24, 2.45) is 0 Å². The number of carbonyl (C=O) groups excluding carboxylic acids is 1. The van der Waals surface area contributed by atoms with Gasteiger partial charge in [-0.2, -0.15) is 0 Å². The zero-order valence-corrected chi connectivity index (χ0v) is 14.5. The van der Waals surface area contributed by atoms with E-state index in [0.717, 1.165) is 23.2 Å². The van der Waals surface area contributed by atoms with Crippen LogP contribution in [0.2, 0.25) is 0 Å². The molecule has 0 spiro atoms. The molecule has 2 heterocycles. The maximum atomic E-state index is 12.7. The largest absolute Gasteiger partial charge is 0.497 e. The quantitative estimate of drug-likeness (QED) is 0.827. The summed E-state index contributed by atoms with van der Waals surface area (Å²) in [6.07, 6.45) is 3.58. The Morgan fingerprint density at radius 2 is 1.83 bits per heavy atom. The van der Waals surface area contributed by atoms with Crippen LogP contribution in [0.1, 0.15) is 10.4 Å². The van der Waals surface area contributed by atoms with Crippen LogP contribution in [-0.2, 0) is 0 Å². The van der Waals surface area contributed by atoms with E-state index in [1.807, 2.05) is 29.2 Å². The monoisotopic (exact) mass is 375 g/mol. The first kappa shape index (κ1) is 15.8. The summed E-state index contributed by atoms with van der Waals surface area (Å²) in [5.74, 6) is 0.720. The van der Waals surface area contributed by atoms with E-state index in [4.69, 9.17) is 4.74 Å². The van der Waals surface area contributed by atoms with Gasteiger partial charge in [0, 0.05) is 48.7 Å². The van der Waals surface area contributed by atoms with E-state index in [-0.39, 0.29) is 5.91 Å². The van der Waals surface area contributed by atoms with Crippen LogP contribution < -0.4 is 9.64 Å². The molecule has 0 bridgehead atoms. The van der Waals surface area contributed by atoms with Crippen LogP contribution in [0.3, 0.4) is 0 Å². The van der Waals surface area contributed by atoms with Crippen molar-refractivity contribution in [1.29, 1.82) is 0 Å². The first-order valence-corrected chi connectivity index (χ1v) is 8.26. The summed E-state index contributed by atoms with van der Waals surface area (Å²) in [7, 11) is 1.60. The Labute approximate surface area is 144 Å². The average molecular weight is 376 g/mol. The second-order valence-electron chi connectivity index (χ2n) is 5.33. The summed E-state index contributed by atoms with van der Waals surface area (Å²) < 4.78 is 6.01. The van der Waals surface area contributed by atoms with Gasteiger partial charge in [-0.25, -0.2) is 0 Å². The molecule has 3 rings (SSSR count). The molecule has 0 radical (unpaired) electrons. The summed E-state index contributed by atoms with van der Waals surface area (Å²) in [6, 6.07) is 9.45. The highest BCUT2D eigenvalue weighted by atomic mass is 79.9. The molecule has 0 atom stereocenters. The van der Waals surface area contributed by atoms with Crippen molar-refractivity contribution in [2.45, 2.75) is 0 Å². The number of aromatic nitrogens is 1. The number of anilines is 1. The zero-order chi connectivity index (χ0) is 16.2. The predicted molar refractivity (Wildman–Crippen MR) is 93.0 cm³/mol. The standard InChI is InChI=1S/C17H18BrN3O2/c1-23-14-2-3-16(18)15(12-14)17(22)21-10-8-20(9-11-21)13-4-6-19-7-5-13/h2-7,12H,8-11H2,1H3. The lowest BCUT2D eigenvalue weighted by molar-refractivity contribution is 0.0745. The van der Waals surface area contributed by atoms with Gasteiger partial charge in [0.15, 0.2) is 0 Å². The van der Waals surface area contributed by atoms with Gasteiger partial charge in [-0.1, -0.05) is 0 Å². The fourth-order valence-corrected chi connectivity index (χ4v) is 3.10. The van der Waals surface area contributed by atoms with Crippen LogP contribution in [0.5, 0.6) is 5.75 Å². The molecule has 1 aromatic heterocycles. The lowest BCUT2D eigenvalue weighted by Gasteiger charge is -2.36. The lowest BCUT2D eigenvalue weighted by Crippen LogP contribution is -2.48. The third-order valence-electron chi connectivity index (χ3n) is 4.00. The number of rotatable bonds is 3. The highest BCUT2D eigenvalue weighted by molar-refractivity contribution is 9.10. The highest BCUT2D eigenvalue weighted by Gasteiger charge is 2.24. The normalized spacial score (nSPS) is 14.7. The van der Waals surface area contributed by atoms with Gasteiger partial charge in [-0.15, -0.1) is 0 Å². The van der Waals surface area contributed by atoms with Gasteiger partial charge in [-0.05, 0) is 46.3 Å². The molecule has 0 N–H and O–H groups in total. The summed E-state index contributed by atoms with van der Waals surface area (Å²) >= 11 is 3.46. The van der Waals surface area contributed by atoms with Crippen molar-refractivity contribution in [3.63, 3.8) is 0 Å². The summed E-state index contributed by atoms with van der Waals surface area (Å²) in [4.78, 5) is 20.9. The number of piperazine rings is 1. The van der Waals surface area contributed by atoms with Crippen LogP contribution in [0.4, 0.5) is 5.69 Å². The number of carbonyl (C=O) groups is 1. The Kier molecular flexibility index (Phi) is 4.81. The van der Waals surface area contributed by atoms with Crippen LogP contribution >= 0.6 is 15.9 Å². The Bertz CT molecular complexity index is 685. The van der Waals surface area contributed by atoms with E-state index < -0.39 is 0 Å². The van der Waals surface area contributed by atoms with Gasteiger partial charge in [0.05, 0.1) is 12.7 Å². The SMILES string of the molecule is COc1ccc(Br)c(C(=O)N2CCN(c3ccncc3)CC2)c1. The topological polar surface area (TPSA) is 45.7 Å². The third kappa shape index (κ3) is 3.47. The molecule has 6 heteroatoms. The molecule has 1 aromatic carbocycles. The van der Waals surface area contributed by atoms with E-state index in [9.17, 15) is 4.79 Å². The Hall–Kier alpha value is -2.08. The fraction of sp³-hybridized carbons (Fsp3) is 0.294. The van der Waals surface area contributed by atoms with E-state index in [1.54, 1.807) is 25.6 Å². The van der Waals surface area contributed by atoms with Gasteiger partial charge in [0.2, 0.25) is 0 Å². The van der Waals surface area contributed by atoms with Crippen molar-refractivity contribution in [3.8, 4) is 5.75 Å². The van der Waals surface area contributed by atoms with Crippen molar-refractivity contribution in [2.75, 3.05) is 38.2 Å². The summed E-state index contributed by atoms with van der Waals surface area (Å²) in [6.45, 7) is 3.03. The van der Waals surface area contributed by atoms with Crippen molar-refractivity contribution in [1.82, 2.24) is 9.88 Å². The molecule has 5 nitrogen and oxygen atoms in total. The molecule has 0 aliphatic carbocycles. The van der Waals surface area contributed by atoms with Gasteiger partial charge >= 0.3 is 0 Å². The smallest absolute Gasteiger partial charge is 0.255 e. The van der Waals surface area contributed by atoms with Gasteiger partial charge in [0.1, 0.15) is 5.75 Å². The maximum absolute atomic E-state index is 12.7. The van der Waals surface area contributed by atoms with E-state index in [1.165, 1.54) is 0 Å². The number of pyridine rings is 1. The van der Waals surface area contributed by atoms with Gasteiger partial charge in [-0.3, -0.25) is 9.78 Å². The fourth-order valence-electron chi connectivity index (χ4n) is 2.69. The Balaban J connectivity index is 1.69. The number of nitrogens with zero attached hydrogens (tertiary/aromatic N) is 3. The van der Waals surface area contributed by atoms with Gasteiger partial charge < -0.3 is 14.5 Å². The number of hydrogen-bond donors (Lipinski definition) is 0. The first-order chi connectivity index (χ1) is 11.2. The van der Waals surface area contributed by atoms with E-state index in [2.05, 4.69) is 25.8 Å². The van der Waals surface area contributed by atoms with Crippen LogP contribution in [0, 0.1) is 0 Å². The number of amides is 1. The predicted octanol–water partition coefficient (Wildman–Crippen LogP) is 2.82. The second kappa shape index (κ2) is 7.00. The van der Waals surface area contributed by atoms with Crippen molar-refractivity contribution >= 4 is 27.5 Å². The molecule has 120 valence electrons. The molecule has 1 fully saturated rings. The number of benzene rings is 1. The van der Waals surface area contributed by atoms with E-state index >= 15 is 0 Å². The number of hydrogen-bond acceptors (Lipinski definition) is 4. The molecule has 1 amide bonds. The molecule has 0 unspecified atom stereocenters. The molecule has 1 aliphatic heterocycles. The average Bonchev–Trinajstić information content (AvgIpc) is 2.62. The van der Waals surface area contributed by atoms with Crippen LogP contribution in [0.15, 0.2) is 47.2 Å². The summed E-state index contributed by atoms with van der Waals surface area (Å²) in [5, 5.41) is 0. The first-order valence-electron chi connectivity index (χ1n) is 7.47. The Morgan fingerprint density at radius 3 is 2.48 bits per heavy atom. The zero-order valence-electron chi connectivity index (χ0n) is 12.9. The minimum atomic E-state index is 0.0325. The van der Waals surface area contributed by atoms with Crippen LogP contribution in [-0.4, -0.2) is 49.1 Å². The molecular weight excluding hydrogens is 358 g/mol. The lowest BCUT2D eigenvalue weighted by atomic mass is 10.1. The van der Waals surface area contributed by atoms with Crippen LogP contribution in [0.25, 0.3) is 0 Å². The second-order valence-corrected chi connectivity index (χ2v) is 6.18. The molecule has 23 heavy (non-hydrogen) atoms. The van der Waals surface area contributed by atoms with Gasteiger partial charge in [0.25, 0.3) is 5.91 Å². The van der Waals surface area contributed by atoms with E-state index in [0.29, 0.717) is 24.4 Å². The number of halogens is 1. The minimum Gasteiger partial charge on any atom is -0.497 e. The van der Waals surface area contributed by atoms with Crippen molar-refractivity contribution in [3.05, 3.63) is 52.8 Å². The van der Waals surface area contributed by atoms with Crippen molar-refractivity contribution < 1.29 is 9.53 Å². The number of ether oxygens (including phenoxy) is 1. The third-order valence-corrected chi connectivity index (χ3v) is 4.69. The molecule has 1 aliphatic rings. The molecule has 0 saturated carbocycles. The summed E-state index contributed by atoms with van der Waals surface area (Å²) in [5.41, 5.74) is 1.79. The molecule has 2 aromatic rings. The highest BCUT2D eigenvalue weighted by Crippen LogP contribution is 2.24.